The number of aryl methyl sites for hydroxylation is 2. The van der Waals surface area contributed by atoms with Crippen LogP contribution in [0.5, 0.6) is 0 Å². The molecular formula is C18H26N2O5S. The third-order valence-electron chi connectivity index (χ3n) is 4.26. The lowest BCUT2D eigenvalue weighted by Crippen LogP contribution is -2.57. The van der Waals surface area contributed by atoms with Gasteiger partial charge in [-0.05, 0) is 45.7 Å². The van der Waals surface area contributed by atoms with Crippen LogP contribution >= 0.6 is 11.3 Å². The molecular weight excluding hydrogens is 356 g/mol. The Balaban J connectivity index is 2.14. The van der Waals surface area contributed by atoms with E-state index in [1.807, 2.05) is 19.9 Å². The van der Waals surface area contributed by atoms with Gasteiger partial charge in [0.25, 0.3) is 5.91 Å². The molecule has 1 aliphatic rings. The van der Waals surface area contributed by atoms with Crippen LogP contribution in [0.1, 0.15) is 54.2 Å². The van der Waals surface area contributed by atoms with Gasteiger partial charge in [-0.3, -0.25) is 4.79 Å². The number of nitrogens with zero attached hydrogens (tertiary/aromatic N) is 1. The molecule has 0 aliphatic carbocycles. The Hall–Kier alpha value is -2.09. The first kappa shape index (κ1) is 20.2. The minimum Gasteiger partial charge on any atom is -0.479 e. The van der Waals surface area contributed by atoms with E-state index in [0.717, 1.165) is 16.9 Å². The average molecular weight is 382 g/mol. The van der Waals surface area contributed by atoms with E-state index < -0.39 is 23.2 Å². The lowest BCUT2D eigenvalue weighted by molar-refractivity contribution is -0.144. The quantitative estimate of drug-likeness (QED) is 0.835. The standard InChI is InChI=1S/C18H26N2O5S/c1-6-12-11(2)9-13(26-12)14(21)20-8-7-18(10-20,15(22)23)19-16(24)25-17(3,4)5/h9H,6-8,10H2,1-5H3,(H,19,24)(H,22,23). The van der Waals surface area contributed by atoms with Crippen molar-refractivity contribution in [2.75, 3.05) is 13.1 Å². The zero-order chi connectivity index (χ0) is 19.7. The number of likely N-dealkylation sites (tertiary alicyclic amines) is 1. The third kappa shape index (κ3) is 4.35. The van der Waals surface area contributed by atoms with Gasteiger partial charge in [0, 0.05) is 17.8 Å². The second kappa shape index (κ2) is 7.26. The number of nitrogens with one attached hydrogen (secondary N) is 1. The van der Waals surface area contributed by atoms with Gasteiger partial charge >= 0.3 is 12.1 Å². The number of alkyl carbamates (subject to hydrolysis) is 1. The molecule has 0 spiro atoms. The largest absolute Gasteiger partial charge is 0.479 e. The molecule has 2 amide bonds. The third-order valence-corrected chi connectivity index (χ3v) is 5.63. The van der Waals surface area contributed by atoms with Crippen molar-refractivity contribution in [3.63, 3.8) is 0 Å². The van der Waals surface area contributed by atoms with E-state index in [4.69, 9.17) is 4.74 Å². The zero-order valence-electron chi connectivity index (χ0n) is 15.8. The molecule has 8 heteroatoms. The second-order valence-corrected chi connectivity index (χ2v) is 8.70. The summed E-state index contributed by atoms with van der Waals surface area (Å²) in [7, 11) is 0. The summed E-state index contributed by atoms with van der Waals surface area (Å²) in [4.78, 5) is 39.9. The molecule has 0 radical (unpaired) electrons. The van der Waals surface area contributed by atoms with Crippen LogP contribution in [0.15, 0.2) is 6.07 Å². The van der Waals surface area contributed by atoms with Gasteiger partial charge in [0.2, 0.25) is 0 Å². The molecule has 2 heterocycles. The number of carbonyl (C=O) groups excluding carboxylic acids is 2. The molecule has 1 aromatic rings. The van der Waals surface area contributed by atoms with Crippen LogP contribution in [0.2, 0.25) is 0 Å². The summed E-state index contributed by atoms with van der Waals surface area (Å²) in [5.41, 5.74) is -1.20. The van der Waals surface area contributed by atoms with Gasteiger partial charge in [0.15, 0.2) is 5.54 Å². The molecule has 1 unspecified atom stereocenters. The highest BCUT2D eigenvalue weighted by Gasteiger charge is 2.48. The summed E-state index contributed by atoms with van der Waals surface area (Å²) < 4.78 is 5.17. The number of ether oxygens (including phenoxy) is 1. The van der Waals surface area contributed by atoms with E-state index in [1.165, 1.54) is 16.2 Å². The molecule has 0 saturated carbocycles. The number of hydrogen-bond acceptors (Lipinski definition) is 5. The molecule has 1 aromatic heterocycles. The molecule has 2 rings (SSSR count). The molecule has 1 saturated heterocycles. The summed E-state index contributed by atoms with van der Waals surface area (Å²) in [6.45, 7) is 9.28. The fourth-order valence-electron chi connectivity index (χ4n) is 2.94. The van der Waals surface area contributed by atoms with Gasteiger partial charge in [-0.1, -0.05) is 6.92 Å². The molecule has 144 valence electrons. The number of thiophene rings is 1. The van der Waals surface area contributed by atoms with E-state index in [9.17, 15) is 19.5 Å². The van der Waals surface area contributed by atoms with E-state index >= 15 is 0 Å². The van der Waals surface area contributed by atoms with Crippen LogP contribution in [0.3, 0.4) is 0 Å². The van der Waals surface area contributed by atoms with Crippen LogP contribution in [0.4, 0.5) is 4.79 Å². The predicted octanol–water partition coefficient (Wildman–Crippen LogP) is 2.81. The Labute approximate surface area is 157 Å². The normalized spacial score (nSPS) is 20.1. The van der Waals surface area contributed by atoms with Gasteiger partial charge in [-0.15, -0.1) is 11.3 Å². The van der Waals surface area contributed by atoms with Crippen LogP contribution in [-0.4, -0.2) is 52.2 Å². The second-order valence-electron chi connectivity index (χ2n) is 7.56. The van der Waals surface area contributed by atoms with Crippen LogP contribution in [-0.2, 0) is 16.0 Å². The fraction of sp³-hybridized carbons (Fsp3) is 0.611. The van der Waals surface area contributed by atoms with Crippen molar-refractivity contribution >= 4 is 29.3 Å². The number of rotatable bonds is 4. The lowest BCUT2D eigenvalue weighted by Gasteiger charge is -2.28. The van der Waals surface area contributed by atoms with Crippen molar-refractivity contribution in [2.24, 2.45) is 0 Å². The average Bonchev–Trinajstić information content (AvgIpc) is 3.09. The lowest BCUT2D eigenvalue weighted by atomic mass is 9.99. The Bertz CT molecular complexity index is 722. The maximum atomic E-state index is 12.8. The molecule has 1 fully saturated rings. The van der Waals surface area contributed by atoms with Crippen molar-refractivity contribution < 1.29 is 24.2 Å². The molecule has 2 N–H and O–H groups in total. The van der Waals surface area contributed by atoms with Gasteiger partial charge in [0.05, 0.1) is 11.4 Å². The fourth-order valence-corrected chi connectivity index (χ4v) is 4.03. The van der Waals surface area contributed by atoms with Crippen molar-refractivity contribution in [3.8, 4) is 0 Å². The van der Waals surface area contributed by atoms with Gasteiger partial charge < -0.3 is 20.1 Å². The Kier molecular flexibility index (Phi) is 5.65. The zero-order valence-corrected chi connectivity index (χ0v) is 16.7. The van der Waals surface area contributed by atoms with Gasteiger partial charge in [-0.25, -0.2) is 9.59 Å². The first-order valence-electron chi connectivity index (χ1n) is 8.60. The minimum absolute atomic E-state index is 0.0845. The molecule has 0 aromatic carbocycles. The summed E-state index contributed by atoms with van der Waals surface area (Å²) in [5, 5.41) is 12.1. The van der Waals surface area contributed by atoms with E-state index in [2.05, 4.69) is 5.32 Å². The Morgan fingerprint density at radius 1 is 1.38 bits per heavy atom. The minimum atomic E-state index is -1.53. The van der Waals surface area contributed by atoms with Crippen molar-refractivity contribution in [3.05, 3.63) is 21.4 Å². The maximum Gasteiger partial charge on any atom is 0.408 e. The van der Waals surface area contributed by atoms with Crippen LogP contribution in [0, 0.1) is 6.92 Å². The molecule has 26 heavy (non-hydrogen) atoms. The van der Waals surface area contributed by atoms with Gasteiger partial charge in [0.1, 0.15) is 5.60 Å². The van der Waals surface area contributed by atoms with Crippen molar-refractivity contribution in [1.82, 2.24) is 10.2 Å². The molecule has 1 aliphatic heterocycles. The number of amides is 2. The maximum absolute atomic E-state index is 12.8. The topological polar surface area (TPSA) is 95.9 Å². The first-order valence-corrected chi connectivity index (χ1v) is 9.42. The number of hydrogen-bond donors (Lipinski definition) is 2. The summed E-state index contributed by atoms with van der Waals surface area (Å²) in [5.74, 6) is -1.37. The Morgan fingerprint density at radius 3 is 2.54 bits per heavy atom. The van der Waals surface area contributed by atoms with E-state index in [0.29, 0.717) is 4.88 Å². The smallest absolute Gasteiger partial charge is 0.408 e. The van der Waals surface area contributed by atoms with E-state index in [1.54, 1.807) is 20.8 Å². The molecule has 1 atom stereocenters. The van der Waals surface area contributed by atoms with E-state index in [-0.39, 0.29) is 25.4 Å². The summed E-state index contributed by atoms with van der Waals surface area (Å²) in [6.07, 6.45) is 0.191. The van der Waals surface area contributed by atoms with Crippen LogP contribution < -0.4 is 5.32 Å². The van der Waals surface area contributed by atoms with Crippen molar-refractivity contribution in [2.45, 2.75) is 58.6 Å². The molecule has 0 bridgehead atoms. The Morgan fingerprint density at radius 2 is 2.04 bits per heavy atom. The summed E-state index contributed by atoms with van der Waals surface area (Å²) >= 11 is 1.43. The highest BCUT2D eigenvalue weighted by molar-refractivity contribution is 7.14. The number of carboxylic acid groups (broad SMARTS) is 1. The summed E-state index contributed by atoms with van der Waals surface area (Å²) in [6, 6.07) is 1.84. The molecule has 7 nitrogen and oxygen atoms in total. The highest BCUT2D eigenvalue weighted by atomic mass is 32.1. The highest BCUT2D eigenvalue weighted by Crippen LogP contribution is 2.28. The van der Waals surface area contributed by atoms with Crippen molar-refractivity contribution in [1.29, 1.82) is 0 Å². The number of carboxylic acids is 1. The van der Waals surface area contributed by atoms with Crippen LogP contribution in [0.25, 0.3) is 0 Å². The van der Waals surface area contributed by atoms with Gasteiger partial charge in [-0.2, -0.15) is 0 Å². The number of carbonyl (C=O) groups is 3. The number of aliphatic carboxylic acids is 1. The SMILES string of the molecule is CCc1sc(C(=O)N2CCC(NC(=O)OC(C)(C)C)(C(=O)O)C2)cc1C. The monoisotopic (exact) mass is 382 g/mol. The predicted molar refractivity (Wildman–Crippen MR) is 98.7 cm³/mol. The first-order chi connectivity index (χ1) is 12.0.